The molecule has 3 heterocycles. The van der Waals surface area contributed by atoms with E-state index in [1.807, 2.05) is 0 Å². The Labute approximate surface area is 105 Å². The highest BCUT2D eigenvalue weighted by atomic mass is 16.5. The van der Waals surface area contributed by atoms with Crippen molar-refractivity contribution in [3.8, 4) is 0 Å². The minimum absolute atomic E-state index is 0.00972. The van der Waals surface area contributed by atoms with E-state index in [0.717, 1.165) is 19.6 Å². The number of carboxylic acids is 1. The molecule has 0 aromatic carbocycles. The van der Waals surface area contributed by atoms with Crippen LogP contribution in [-0.2, 0) is 6.54 Å². The number of aromatic nitrogens is 1. The van der Waals surface area contributed by atoms with E-state index in [1.165, 1.54) is 25.5 Å². The van der Waals surface area contributed by atoms with Crippen molar-refractivity contribution in [1.82, 2.24) is 15.0 Å². The average Bonchev–Trinajstić information content (AvgIpc) is 2.96. The Morgan fingerprint density at radius 3 is 3.17 bits per heavy atom. The third kappa shape index (κ3) is 2.26. The molecule has 2 aliphatic heterocycles. The van der Waals surface area contributed by atoms with Crippen LogP contribution in [0.1, 0.15) is 29.1 Å². The monoisotopic (exact) mass is 251 g/mol. The van der Waals surface area contributed by atoms with Crippen molar-refractivity contribution >= 4 is 5.97 Å². The maximum Gasteiger partial charge on any atom is 0.358 e. The Balaban J connectivity index is 1.60. The van der Waals surface area contributed by atoms with E-state index < -0.39 is 5.97 Å². The molecule has 1 unspecified atom stereocenters. The SMILES string of the molecule is O=C(O)c1cc(CN2CCN3CCCC3C2)on1. The molecule has 0 aliphatic carbocycles. The van der Waals surface area contributed by atoms with E-state index in [2.05, 4.69) is 15.0 Å². The Kier molecular flexibility index (Phi) is 3.05. The summed E-state index contributed by atoms with van der Waals surface area (Å²) in [6, 6.07) is 2.18. The third-order valence-corrected chi connectivity index (χ3v) is 3.83. The van der Waals surface area contributed by atoms with Gasteiger partial charge in [0.15, 0.2) is 11.5 Å². The van der Waals surface area contributed by atoms with E-state index >= 15 is 0 Å². The Bertz CT molecular complexity index is 446. The maximum atomic E-state index is 10.7. The molecule has 1 N–H and O–H groups in total. The summed E-state index contributed by atoms with van der Waals surface area (Å²) < 4.78 is 5.05. The lowest BCUT2D eigenvalue weighted by molar-refractivity contribution is 0.0685. The quantitative estimate of drug-likeness (QED) is 0.850. The molecule has 3 rings (SSSR count). The van der Waals surface area contributed by atoms with Gasteiger partial charge in [0.2, 0.25) is 0 Å². The third-order valence-electron chi connectivity index (χ3n) is 3.83. The smallest absolute Gasteiger partial charge is 0.358 e. The number of piperazine rings is 1. The Hall–Kier alpha value is -1.40. The summed E-state index contributed by atoms with van der Waals surface area (Å²) in [6.07, 6.45) is 2.57. The molecule has 1 aromatic heterocycles. The minimum Gasteiger partial charge on any atom is -0.476 e. The molecule has 2 saturated heterocycles. The standard InChI is InChI=1S/C12H17N3O3/c16-12(17)11-6-10(18-13-11)8-14-4-5-15-3-1-2-9(15)7-14/h6,9H,1-5,7-8H2,(H,16,17). The second-order valence-corrected chi connectivity index (χ2v) is 5.05. The van der Waals surface area contributed by atoms with Gasteiger partial charge in [0.25, 0.3) is 0 Å². The largest absolute Gasteiger partial charge is 0.476 e. The summed E-state index contributed by atoms with van der Waals surface area (Å²) in [5, 5.41) is 12.3. The molecule has 0 bridgehead atoms. The Morgan fingerprint density at radius 1 is 1.50 bits per heavy atom. The van der Waals surface area contributed by atoms with Crippen LogP contribution in [0.4, 0.5) is 0 Å². The molecule has 0 radical (unpaired) electrons. The molecule has 2 aliphatic rings. The van der Waals surface area contributed by atoms with Crippen LogP contribution in [0.3, 0.4) is 0 Å². The molecule has 0 saturated carbocycles. The molecule has 6 nitrogen and oxygen atoms in total. The van der Waals surface area contributed by atoms with Crippen LogP contribution in [0, 0.1) is 0 Å². The molecule has 1 atom stereocenters. The lowest BCUT2D eigenvalue weighted by Crippen LogP contribution is -2.49. The molecule has 2 fully saturated rings. The highest BCUT2D eigenvalue weighted by Gasteiger charge is 2.30. The molecule has 1 aromatic rings. The summed E-state index contributed by atoms with van der Waals surface area (Å²) in [7, 11) is 0. The zero-order valence-electron chi connectivity index (χ0n) is 10.2. The van der Waals surface area contributed by atoms with Crippen LogP contribution in [0.25, 0.3) is 0 Å². The minimum atomic E-state index is -1.04. The number of rotatable bonds is 3. The van der Waals surface area contributed by atoms with Crippen molar-refractivity contribution in [3.63, 3.8) is 0 Å². The van der Waals surface area contributed by atoms with Gasteiger partial charge >= 0.3 is 5.97 Å². The number of fused-ring (bicyclic) bond motifs is 1. The van der Waals surface area contributed by atoms with Gasteiger partial charge in [0, 0.05) is 31.7 Å². The van der Waals surface area contributed by atoms with Crippen LogP contribution in [0.15, 0.2) is 10.6 Å². The number of carboxylic acid groups (broad SMARTS) is 1. The van der Waals surface area contributed by atoms with Gasteiger partial charge in [-0.25, -0.2) is 4.79 Å². The van der Waals surface area contributed by atoms with E-state index in [1.54, 1.807) is 0 Å². The number of aromatic carboxylic acids is 1. The van der Waals surface area contributed by atoms with Crippen molar-refractivity contribution in [3.05, 3.63) is 17.5 Å². The fourth-order valence-corrected chi connectivity index (χ4v) is 2.91. The first kappa shape index (κ1) is 11.7. The molecular formula is C12H17N3O3. The zero-order valence-corrected chi connectivity index (χ0v) is 10.2. The number of hydrogen-bond acceptors (Lipinski definition) is 5. The van der Waals surface area contributed by atoms with Gasteiger partial charge in [-0.2, -0.15) is 0 Å². The van der Waals surface area contributed by atoms with Gasteiger partial charge in [0.1, 0.15) is 0 Å². The highest BCUT2D eigenvalue weighted by Crippen LogP contribution is 2.22. The van der Waals surface area contributed by atoms with Gasteiger partial charge < -0.3 is 9.63 Å². The second kappa shape index (κ2) is 4.70. The fourth-order valence-electron chi connectivity index (χ4n) is 2.91. The first-order valence-corrected chi connectivity index (χ1v) is 6.37. The Morgan fingerprint density at radius 2 is 2.39 bits per heavy atom. The molecular weight excluding hydrogens is 234 g/mol. The molecule has 0 spiro atoms. The fraction of sp³-hybridized carbons (Fsp3) is 0.667. The molecule has 6 heteroatoms. The molecule has 18 heavy (non-hydrogen) atoms. The lowest BCUT2D eigenvalue weighted by atomic mass is 10.1. The van der Waals surface area contributed by atoms with Crippen LogP contribution in [-0.4, -0.2) is 58.3 Å². The molecule has 0 amide bonds. The summed E-state index contributed by atoms with van der Waals surface area (Å²) in [6.45, 7) is 5.04. The number of hydrogen-bond donors (Lipinski definition) is 1. The van der Waals surface area contributed by atoms with Gasteiger partial charge in [-0.3, -0.25) is 9.80 Å². The number of carbonyl (C=O) groups is 1. The van der Waals surface area contributed by atoms with Gasteiger partial charge in [0.05, 0.1) is 6.54 Å². The lowest BCUT2D eigenvalue weighted by Gasteiger charge is -2.36. The van der Waals surface area contributed by atoms with E-state index in [0.29, 0.717) is 18.3 Å². The van der Waals surface area contributed by atoms with Crippen molar-refractivity contribution in [2.75, 3.05) is 26.2 Å². The van der Waals surface area contributed by atoms with Crippen molar-refractivity contribution in [2.45, 2.75) is 25.4 Å². The summed E-state index contributed by atoms with van der Waals surface area (Å²) in [5.41, 5.74) is -0.00972. The van der Waals surface area contributed by atoms with E-state index in [4.69, 9.17) is 9.63 Å². The topological polar surface area (TPSA) is 69.8 Å². The number of nitrogens with zero attached hydrogens (tertiary/aromatic N) is 3. The van der Waals surface area contributed by atoms with E-state index in [-0.39, 0.29) is 5.69 Å². The second-order valence-electron chi connectivity index (χ2n) is 5.05. The van der Waals surface area contributed by atoms with Crippen molar-refractivity contribution < 1.29 is 14.4 Å². The van der Waals surface area contributed by atoms with Crippen molar-refractivity contribution in [1.29, 1.82) is 0 Å². The average molecular weight is 251 g/mol. The summed E-state index contributed by atoms with van der Waals surface area (Å²) >= 11 is 0. The van der Waals surface area contributed by atoms with Gasteiger partial charge in [-0.15, -0.1) is 0 Å². The zero-order chi connectivity index (χ0) is 12.5. The summed E-state index contributed by atoms with van der Waals surface area (Å²) in [5.74, 6) is -0.399. The van der Waals surface area contributed by atoms with Gasteiger partial charge in [-0.1, -0.05) is 5.16 Å². The van der Waals surface area contributed by atoms with Crippen LogP contribution >= 0.6 is 0 Å². The van der Waals surface area contributed by atoms with Crippen LogP contribution in [0.2, 0.25) is 0 Å². The predicted octanol–water partition coefficient (Wildman–Crippen LogP) is 0.653. The first-order chi connectivity index (χ1) is 8.72. The van der Waals surface area contributed by atoms with Crippen LogP contribution in [0.5, 0.6) is 0 Å². The van der Waals surface area contributed by atoms with Gasteiger partial charge in [-0.05, 0) is 19.4 Å². The maximum absolute atomic E-state index is 10.7. The van der Waals surface area contributed by atoms with Crippen molar-refractivity contribution in [2.24, 2.45) is 0 Å². The van der Waals surface area contributed by atoms with Crippen LogP contribution < -0.4 is 0 Å². The van der Waals surface area contributed by atoms with E-state index in [9.17, 15) is 4.79 Å². The predicted molar refractivity (Wildman–Crippen MR) is 63.3 cm³/mol. The first-order valence-electron chi connectivity index (χ1n) is 6.37. The normalized spacial score (nSPS) is 25.2. The molecule has 98 valence electrons. The highest BCUT2D eigenvalue weighted by molar-refractivity contribution is 5.85. The summed E-state index contributed by atoms with van der Waals surface area (Å²) in [4.78, 5) is 15.6.